The summed E-state index contributed by atoms with van der Waals surface area (Å²) in [5.74, 6) is -0.0926. The Labute approximate surface area is 114 Å². The highest BCUT2D eigenvalue weighted by molar-refractivity contribution is 5.94. The lowest BCUT2D eigenvalue weighted by atomic mass is 9.95. The van der Waals surface area contributed by atoms with Gasteiger partial charge in [-0.1, -0.05) is 26.7 Å². The van der Waals surface area contributed by atoms with Crippen LogP contribution in [0.25, 0.3) is 0 Å². The van der Waals surface area contributed by atoms with Gasteiger partial charge in [0.2, 0.25) is 0 Å². The van der Waals surface area contributed by atoms with Crippen molar-refractivity contribution < 1.29 is 9.18 Å². The summed E-state index contributed by atoms with van der Waals surface area (Å²) in [6.45, 7) is 6.28. The quantitative estimate of drug-likeness (QED) is 0.831. The van der Waals surface area contributed by atoms with E-state index in [2.05, 4.69) is 19.2 Å². The highest BCUT2D eigenvalue weighted by Crippen LogP contribution is 2.12. The SMILES string of the molecule is CCC(CC)C(N)CNC(=O)c1ccc(F)c(C)c1. The molecule has 0 saturated carbocycles. The molecule has 0 fully saturated rings. The molecule has 0 aliphatic carbocycles. The standard InChI is InChI=1S/C15H23FN2O/c1-4-11(5-2)14(17)9-18-15(19)12-6-7-13(16)10(3)8-12/h6-8,11,14H,4-5,9,17H2,1-3H3,(H,18,19). The monoisotopic (exact) mass is 266 g/mol. The van der Waals surface area contributed by atoms with Crippen molar-refractivity contribution in [2.45, 2.75) is 39.7 Å². The van der Waals surface area contributed by atoms with Gasteiger partial charge in [-0.2, -0.15) is 0 Å². The van der Waals surface area contributed by atoms with Gasteiger partial charge in [-0.15, -0.1) is 0 Å². The molecule has 1 aromatic rings. The Hall–Kier alpha value is -1.42. The highest BCUT2D eigenvalue weighted by Gasteiger charge is 2.15. The zero-order valence-electron chi connectivity index (χ0n) is 11.9. The predicted octanol–water partition coefficient (Wildman–Crippen LogP) is 2.63. The molecule has 1 amide bonds. The van der Waals surface area contributed by atoms with Crippen molar-refractivity contribution in [2.24, 2.45) is 11.7 Å². The van der Waals surface area contributed by atoms with Gasteiger partial charge in [0.25, 0.3) is 5.91 Å². The van der Waals surface area contributed by atoms with Gasteiger partial charge in [0.1, 0.15) is 5.82 Å². The molecule has 1 atom stereocenters. The molecule has 1 unspecified atom stereocenters. The van der Waals surface area contributed by atoms with Gasteiger partial charge in [-0.05, 0) is 36.6 Å². The normalized spacial score (nSPS) is 12.5. The van der Waals surface area contributed by atoms with E-state index in [-0.39, 0.29) is 17.8 Å². The van der Waals surface area contributed by atoms with Crippen LogP contribution in [0, 0.1) is 18.7 Å². The summed E-state index contributed by atoms with van der Waals surface area (Å²) in [6.07, 6.45) is 2.01. The van der Waals surface area contributed by atoms with Crippen LogP contribution in [0.3, 0.4) is 0 Å². The van der Waals surface area contributed by atoms with Crippen molar-refractivity contribution in [3.63, 3.8) is 0 Å². The fourth-order valence-corrected chi connectivity index (χ4v) is 2.16. The van der Waals surface area contributed by atoms with Gasteiger partial charge in [0.15, 0.2) is 0 Å². The number of nitrogens with one attached hydrogen (secondary N) is 1. The van der Waals surface area contributed by atoms with Crippen LogP contribution in [0.5, 0.6) is 0 Å². The Morgan fingerprint density at radius 1 is 1.37 bits per heavy atom. The second-order valence-electron chi connectivity index (χ2n) is 4.91. The number of hydrogen-bond acceptors (Lipinski definition) is 2. The van der Waals surface area contributed by atoms with Crippen LogP contribution in [0.1, 0.15) is 42.6 Å². The molecule has 19 heavy (non-hydrogen) atoms. The lowest BCUT2D eigenvalue weighted by molar-refractivity contribution is 0.0947. The Morgan fingerprint density at radius 2 is 2.00 bits per heavy atom. The van der Waals surface area contributed by atoms with Gasteiger partial charge in [-0.25, -0.2) is 4.39 Å². The molecule has 0 saturated heterocycles. The van der Waals surface area contributed by atoms with Crippen molar-refractivity contribution in [2.75, 3.05) is 6.54 Å². The molecule has 0 bridgehead atoms. The van der Waals surface area contributed by atoms with E-state index in [0.29, 0.717) is 23.6 Å². The number of aryl methyl sites for hydroxylation is 1. The lowest BCUT2D eigenvalue weighted by Crippen LogP contribution is -2.41. The summed E-state index contributed by atoms with van der Waals surface area (Å²) in [7, 11) is 0. The molecule has 0 radical (unpaired) electrons. The fraction of sp³-hybridized carbons (Fsp3) is 0.533. The third-order valence-electron chi connectivity index (χ3n) is 3.57. The summed E-state index contributed by atoms with van der Waals surface area (Å²) in [4.78, 5) is 11.9. The number of halogens is 1. The smallest absolute Gasteiger partial charge is 0.251 e. The Bertz CT molecular complexity index is 430. The van der Waals surface area contributed by atoms with Crippen LogP contribution in [-0.4, -0.2) is 18.5 Å². The number of benzene rings is 1. The molecule has 0 aliphatic heterocycles. The van der Waals surface area contributed by atoms with E-state index in [1.165, 1.54) is 12.1 Å². The minimum absolute atomic E-state index is 0.0412. The highest BCUT2D eigenvalue weighted by atomic mass is 19.1. The maximum absolute atomic E-state index is 13.1. The Balaban J connectivity index is 2.58. The van der Waals surface area contributed by atoms with Crippen molar-refractivity contribution in [3.05, 3.63) is 35.1 Å². The number of rotatable bonds is 6. The maximum Gasteiger partial charge on any atom is 0.251 e. The van der Waals surface area contributed by atoms with E-state index in [1.807, 2.05) is 0 Å². The first-order valence-electron chi connectivity index (χ1n) is 6.79. The number of hydrogen-bond donors (Lipinski definition) is 2. The largest absolute Gasteiger partial charge is 0.350 e. The van der Waals surface area contributed by atoms with Gasteiger partial charge < -0.3 is 11.1 Å². The Kier molecular flexibility index (Phi) is 5.96. The van der Waals surface area contributed by atoms with Crippen LogP contribution < -0.4 is 11.1 Å². The minimum Gasteiger partial charge on any atom is -0.350 e. The predicted molar refractivity (Wildman–Crippen MR) is 75.5 cm³/mol. The Morgan fingerprint density at radius 3 is 2.53 bits per heavy atom. The summed E-state index contributed by atoms with van der Waals surface area (Å²) >= 11 is 0. The minimum atomic E-state index is -0.301. The molecule has 0 aliphatic rings. The average Bonchev–Trinajstić information content (AvgIpc) is 2.40. The molecule has 3 N–H and O–H groups in total. The van der Waals surface area contributed by atoms with E-state index in [4.69, 9.17) is 5.73 Å². The molecule has 1 rings (SSSR count). The third-order valence-corrected chi connectivity index (χ3v) is 3.57. The molecule has 0 heterocycles. The zero-order chi connectivity index (χ0) is 14.4. The molecular weight excluding hydrogens is 243 g/mol. The van der Waals surface area contributed by atoms with Crippen molar-refractivity contribution >= 4 is 5.91 Å². The van der Waals surface area contributed by atoms with Gasteiger partial charge in [0, 0.05) is 18.2 Å². The van der Waals surface area contributed by atoms with Crippen molar-refractivity contribution in [3.8, 4) is 0 Å². The van der Waals surface area contributed by atoms with Gasteiger partial charge in [-0.3, -0.25) is 4.79 Å². The average molecular weight is 266 g/mol. The van der Waals surface area contributed by atoms with E-state index in [9.17, 15) is 9.18 Å². The van der Waals surface area contributed by atoms with Crippen molar-refractivity contribution in [1.29, 1.82) is 0 Å². The molecule has 4 heteroatoms. The second-order valence-corrected chi connectivity index (χ2v) is 4.91. The number of amides is 1. The topological polar surface area (TPSA) is 55.1 Å². The van der Waals surface area contributed by atoms with Gasteiger partial charge >= 0.3 is 0 Å². The molecule has 106 valence electrons. The molecular formula is C15H23FN2O. The number of carbonyl (C=O) groups excluding carboxylic acids is 1. The molecule has 0 spiro atoms. The van der Waals surface area contributed by atoms with Crippen molar-refractivity contribution in [1.82, 2.24) is 5.32 Å². The summed E-state index contributed by atoms with van der Waals surface area (Å²) in [5, 5.41) is 2.81. The van der Waals surface area contributed by atoms with Crippen LogP contribution in [0.4, 0.5) is 4.39 Å². The number of carbonyl (C=O) groups is 1. The summed E-state index contributed by atoms with van der Waals surface area (Å²) in [5.41, 5.74) is 6.98. The number of nitrogens with two attached hydrogens (primary N) is 1. The molecule has 0 aromatic heterocycles. The van der Waals surface area contributed by atoms with Crippen LogP contribution in [0.2, 0.25) is 0 Å². The van der Waals surface area contributed by atoms with E-state index in [1.54, 1.807) is 13.0 Å². The molecule has 3 nitrogen and oxygen atoms in total. The fourth-order valence-electron chi connectivity index (χ4n) is 2.16. The maximum atomic E-state index is 13.1. The van der Waals surface area contributed by atoms with E-state index >= 15 is 0 Å². The lowest BCUT2D eigenvalue weighted by Gasteiger charge is -2.21. The first-order valence-corrected chi connectivity index (χ1v) is 6.79. The summed E-state index contributed by atoms with van der Waals surface area (Å²) < 4.78 is 13.1. The van der Waals surface area contributed by atoms with Crippen LogP contribution in [0.15, 0.2) is 18.2 Å². The van der Waals surface area contributed by atoms with Crippen LogP contribution >= 0.6 is 0 Å². The first kappa shape index (κ1) is 15.6. The molecule has 1 aromatic carbocycles. The zero-order valence-corrected chi connectivity index (χ0v) is 11.9. The van der Waals surface area contributed by atoms with Crippen LogP contribution in [-0.2, 0) is 0 Å². The van der Waals surface area contributed by atoms with Gasteiger partial charge in [0.05, 0.1) is 0 Å². The first-order chi connectivity index (χ1) is 8.99. The van der Waals surface area contributed by atoms with E-state index < -0.39 is 0 Å². The second kappa shape index (κ2) is 7.24. The third kappa shape index (κ3) is 4.31. The van der Waals surface area contributed by atoms with E-state index in [0.717, 1.165) is 12.8 Å². The summed E-state index contributed by atoms with van der Waals surface area (Å²) in [6, 6.07) is 4.30.